The lowest BCUT2D eigenvalue weighted by atomic mass is 10.2. The zero-order chi connectivity index (χ0) is 8.27. The van der Waals surface area contributed by atoms with Crippen LogP contribution < -0.4 is 0 Å². The van der Waals surface area contributed by atoms with E-state index in [0.29, 0.717) is 0 Å². The molecule has 0 radical (unpaired) electrons. The molecule has 60 valence electrons. The van der Waals surface area contributed by atoms with E-state index in [4.69, 9.17) is 5.11 Å². The van der Waals surface area contributed by atoms with Crippen molar-refractivity contribution in [3.63, 3.8) is 0 Å². The molecule has 11 heavy (non-hydrogen) atoms. The number of carboxylic acids is 1. The minimum atomic E-state index is -0.798. The molecular formula is C7H10N2O2. The monoisotopic (exact) mass is 154 g/mol. The van der Waals surface area contributed by atoms with Crippen molar-refractivity contribution in [1.29, 1.82) is 0 Å². The topological polar surface area (TPSA) is 55.1 Å². The largest absolute Gasteiger partial charge is 0.481 e. The van der Waals surface area contributed by atoms with Gasteiger partial charge < -0.3 is 5.11 Å². The third kappa shape index (κ3) is 2.07. The number of hydrogen-bond acceptors (Lipinski definition) is 2. The van der Waals surface area contributed by atoms with Crippen molar-refractivity contribution >= 4 is 5.97 Å². The van der Waals surface area contributed by atoms with Crippen LogP contribution in [0.3, 0.4) is 0 Å². The number of aromatic nitrogens is 2. The lowest BCUT2D eigenvalue weighted by molar-refractivity contribution is -0.137. The van der Waals surface area contributed by atoms with Crippen molar-refractivity contribution in [1.82, 2.24) is 9.78 Å². The Hall–Kier alpha value is -1.32. The summed E-state index contributed by atoms with van der Waals surface area (Å²) in [5.74, 6) is -0.798. The van der Waals surface area contributed by atoms with E-state index >= 15 is 0 Å². The zero-order valence-electron chi connectivity index (χ0n) is 6.27. The highest BCUT2D eigenvalue weighted by atomic mass is 16.4. The highest BCUT2D eigenvalue weighted by molar-refractivity contribution is 5.67. The average molecular weight is 154 g/mol. The first-order valence-electron chi connectivity index (χ1n) is 3.41. The SMILES string of the molecule is C[C@H](CC(=O)O)n1cccn1. The summed E-state index contributed by atoms with van der Waals surface area (Å²) in [6.45, 7) is 1.82. The smallest absolute Gasteiger partial charge is 0.305 e. The molecule has 0 amide bonds. The quantitative estimate of drug-likeness (QED) is 0.704. The van der Waals surface area contributed by atoms with Gasteiger partial charge in [-0.1, -0.05) is 0 Å². The molecule has 4 nitrogen and oxygen atoms in total. The molecule has 4 heteroatoms. The van der Waals surface area contributed by atoms with Gasteiger partial charge in [-0.05, 0) is 13.0 Å². The molecule has 0 aliphatic rings. The van der Waals surface area contributed by atoms with E-state index < -0.39 is 5.97 Å². The van der Waals surface area contributed by atoms with Crippen molar-refractivity contribution in [3.05, 3.63) is 18.5 Å². The van der Waals surface area contributed by atoms with Crippen molar-refractivity contribution in [2.24, 2.45) is 0 Å². The maximum atomic E-state index is 10.3. The van der Waals surface area contributed by atoms with Gasteiger partial charge >= 0.3 is 5.97 Å². The number of carboxylic acid groups (broad SMARTS) is 1. The third-order valence-electron chi connectivity index (χ3n) is 1.45. The van der Waals surface area contributed by atoms with Crippen LogP contribution in [0.25, 0.3) is 0 Å². The first kappa shape index (κ1) is 7.78. The fraction of sp³-hybridized carbons (Fsp3) is 0.429. The second-order valence-electron chi connectivity index (χ2n) is 2.43. The predicted molar refractivity (Wildman–Crippen MR) is 39.2 cm³/mol. The molecule has 0 fully saturated rings. The summed E-state index contributed by atoms with van der Waals surface area (Å²) in [5, 5.41) is 12.4. The Balaban J connectivity index is 2.56. The van der Waals surface area contributed by atoms with Crippen LogP contribution in [-0.4, -0.2) is 20.9 Å². The van der Waals surface area contributed by atoms with E-state index in [9.17, 15) is 4.79 Å². The van der Waals surface area contributed by atoms with E-state index in [1.54, 1.807) is 23.1 Å². The van der Waals surface area contributed by atoms with Crippen molar-refractivity contribution in [2.75, 3.05) is 0 Å². The van der Waals surface area contributed by atoms with Gasteiger partial charge in [0.1, 0.15) is 0 Å². The summed E-state index contributed by atoms with van der Waals surface area (Å²) in [6.07, 6.45) is 3.51. The lowest BCUT2D eigenvalue weighted by Crippen LogP contribution is -2.10. The molecule has 0 aromatic carbocycles. The standard InChI is InChI=1S/C7H10N2O2/c1-6(5-7(10)11)9-4-2-3-8-9/h2-4,6H,5H2,1H3,(H,10,11)/t6-/m1/s1. The molecule has 1 rings (SSSR count). The van der Waals surface area contributed by atoms with Gasteiger partial charge in [0, 0.05) is 12.4 Å². The summed E-state index contributed by atoms with van der Waals surface area (Å²) in [7, 11) is 0. The molecule has 1 atom stereocenters. The number of hydrogen-bond donors (Lipinski definition) is 1. The van der Waals surface area contributed by atoms with Crippen LogP contribution in [0, 0.1) is 0 Å². The van der Waals surface area contributed by atoms with E-state index in [0.717, 1.165) is 0 Å². The van der Waals surface area contributed by atoms with E-state index in [-0.39, 0.29) is 12.5 Å². The highest BCUT2D eigenvalue weighted by Gasteiger charge is 2.08. The first-order valence-corrected chi connectivity index (χ1v) is 3.41. The maximum absolute atomic E-state index is 10.3. The fourth-order valence-corrected chi connectivity index (χ4v) is 0.888. The second-order valence-corrected chi connectivity index (χ2v) is 2.43. The van der Waals surface area contributed by atoms with Gasteiger partial charge in [0.05, 0.1) is 12.5 Å². The molecule has 0 aliphatic heterocycles. The summed E-state index contributed by atoms with van der Waals surface area (Å²) in [5.41, 5.74) is 0. The van der Waals surface area contributed by atoms with Crippen LogP contribution in [0.15, 0.2) is 18.5 Å². The number of nitrogens with zero attached hydrogens (tertiary/aromatic N) is 2. The van der Waals surface area contributed by atoms with Gasteiger partial charge in [-0.25, -0.2) is 0 Å². The Morgan fingerprint density at radius 2 is 2.55 bits per heavy atom. The summed E-state index contributed by atoms with van der Waals surface area (Å²) in [6, 6.07) is 1.71. The van der Waals surface area contributed by atoms with E-state index in [2.05, 4.69) is 5.10 Å². The highest BCUT2D eigenvalue weighted by Crippen LogP contribution is 2.07. The molecule has 0 spiro atoms. The van der Waals surface area contributed by atoms with Gasteiger partial charge in [0.15, 0.2) is 0 Å². The van der Waals surface area contributed by atoms with Crippen LogP contribution >= 0.6 is 0 Å². The zero-order valence-corrected chi connectivity index (χ0v) is 6.27. The van der Waals surface area contributed by atoms with Gasteiger partial charge in [0.25, 0.3) is 0 Å². The second kappa shape index (κ2) is 3.18. The molecule has 1 aromatic heterocycles. The van der Waals surface area contributed by atoms with Crippen molar-refractivity contribution in [3.8, 4) is 0 Å². The van der Waals surface area contributed by atoms with Crippen molar-refractivity contribution in [2.45, 2.75) is 19.4 Å². The maximum Gasteiger partial charge on any atom is 0.305 e. The Morgan fingerprint density at radius 1 is 1.82 bits per heavy atom. The van der Waals surface area contributed by atoms with Gasteiger partial charge in [-0.15, -0.1) is 0 Å². The third-order valence-corrected chi connectivity index (χ3v) is 1.45. The summed E-state index contributed by atoms with van der Waals surface area (Å²) >= 11 is 0. The fourth-order valence-electron chi connectivity index (χ4n) is 0.888. The molecule has 1 heterocycles. The Bertz CT molecular complexity index is 231. The Morgan fingerprint density at radius 3 is 3.00 bits per heavy atom. The van der Waals surface area contributed by atoms with Gasteiger partial charge in [0.2, 0.25) is 0 Å². The molecule has 1 aromatic rings. The number of rotatable bonds is 3. The van der Waals surface area contributed by atoms with E-state index in [1.165, 1.54) is 0 Å². The first-order chi connectivity index (χ1) is 5.20. The van der Waals surface area contributed by atoms with Crippen molar-refractivity contribution < 1.29 is 9.90 Å². The van der Waals surface area contributed by atoms with Crippen LogP contribution in [0.1, 0.15) is 19.4 Å². The Kier molecular flexibility index (Phi) is 2.25. The van der Waals surface area contributed by atoms with Gasteiger partial charge in [-0.3, -0.25) is 9.48 Å². The van der Waals surface area contributed by atoms with Gasteiger partial charge in [-0.2, -0.15) is 5.10 Å². The van der Waals surface area contributed by atoms with Crippen LogP contribution in [0.2, 0.25) is 0 Å². The van der Waals surface area contributed by atoms with Crippen LogP contribution in [0.5, 0.6) is 0 Å². The average Bonchev–Trinajstić information content (AvgIpc) is 2.35. The molecule has 0 aliphatic carbocycles. The minimum Gasteiger partial charge on any atom is -0.481 e. The van der Waals surface area contributed by atoms with E-state index in [1.807, 2.05) is 6.92 Å². The summed E-state index contributed by atoms with van der Waals surface area (Å²) < 4.78 is 1.63. The number of carbonyl (C=O) groups is 1. The molecule has 0 saturated carbocycles. The molecule has 0 bridgehead atoms. The molecule has 1 N–H and O–H groups in total. The minimum absolute atomic E-state index is 0.0671. The normalized spacial score (nSPS) is 12.8. The predicted octanol–water partition coefficient (Wildman–Crippen LogP) is 0.919. The Labute approximate surface area is 64.5 Å². The van der Waals surface area contributed by atoms with Crippen LogP contribution in [0.4, 0.5) is 0 Å². The lowest BCUT2D eigenvalue weighted by Gasteiger charge is -2.07. The summed E-state index contributed by atoms with van der Waals surface area (Å²) in [4.78, 5) is 10.3. The number of aliphatic carboxylic acids is 1. The van der Waals surface area contributed by atoms with Crippen LogP contribution in [-0.2, 0) is 4.79 Å². The molecule has 0 unspecified atom stereocenters. The molecule has 0 saturated heterocycles. The molecular weight excluding hydrogens is 144 g/mol.